The summed E-state index contributed by atoms with van der Waals surface area (Å²) in [5.41, 5.74) is 6.94. The Hall–Kier alpha value is -1.78. The molecule has 1 nitrogen and oxygen atoms in total. The Bertz CT molecular complexity index is 1610. The molecule has 0 radical (unpaired) electrons. The zero-order valence-corrected chi connectivity index (χ0v) is 27.6. The Morgan fingerprint density at radius 2 is 1.59 bits per heavy atom. The minimum absolute atomic E-state index is 0.139. The molecule has 4 aromatic rings. The third-order valence-corrected chi connectivity index (χ3v) is 13.0. The molecule has 0 aliphatic carbocycles. The van der Waals surface area contributed by atoms with Gasteiger partial charge in [-0.25, -0.2) is 0 Å². The van der Waals surface area contributed by atoms with Gasteiger partial charge in [0, 0.05) is 0 Å². The maximum absolute atomic E-state index is 9.01. The monoisotopic (exact) mass is 573 g/mol. The van der Waals surface area contributed by atoms with Crippen molar-refractivity contribution in [2.24, 2.45) is 17.9 Å². The topological polar surface area (TPSA) is 3.88 Å². The Morgan fingerprint density at radius 3 is 2.22 bits per heavy atom. The van der Waals surface area contributed by atoms with Crippen molar-refractivity contribution in [3.63, 3.8) is 0 Å². The Balaban J connectivity index is 1.93. The number of nitrogens with zero attached hydrogens (tertiary/aromatic N) is 1. The number of benzene rings is 3. The second-order valence-electron chi connectivity index (χ2n) is 14.6. The van der Waals surface area contributed by atoms with Crippen LogP contribution in [0.25, 0.3) is 32.8 Å². The van der Waals surface area contributed by atoms with Crippen LogP contribution in [0.1, 0.15) is 59.6 Å². The van der Waals surface area contributed by atoms with Crippen molar-refractivity contribution in [1.29, 1.82) is 0 Å². The van der Waals surface area contributed by atoms with E-state index in [9.17, 15) is 0 Å². The first-order valence-electron chi connectivity index (χ1n) is 14.2. The summed E-state index contributed by atoms with van der Waals surface area (Å²) in [5, 5.41) is 5.37. The summed E-state index contributed by atoms with van der Waals surface area (Å²) in [6.45, 7) is 16.1. The van der Waals surface area contributed by atoms with E-state index in [2.05, 4.69) is 114 Å². The Kier molecular flexibility index (Phi) is 6.12. The van der Waals surface area contributed by atoms with E-state index in [-0.39, 0.29) is 10.8 Å². The fourth-order valence-electron chi connectivity index (χ4n) is 5.84. The fraction of sp³-hybridized carbons (Fsp3) is 0.441. The summed E-state index contributed by atoms with van der Waals surface area (Å²) in [5.74, 6) is 7.48. The van der Waals surface area contributed by atoms with Crippen LogP contribution in [0.3, 0.4) is 0 Å². The number of hydrogen-bond donors (Lipinski definition) is 0. The summed E-state index contributed by atoms with van der Waals surface area (Å²) >= 11 is -0.0438. The SMILES string of the molecule is [2H]c1cc2c(CC(C)(C)C)c3c(c(C)c2cc1CC(C)(C)C)-c1c2c(c[c]([Ge]([CH3])([CH3])[CH3])cc2cc[n+]1C)S3. The summed E-state index contributed by atoms with van der Waals surface area (Å²) in [7, 11) is 2.21. The molecule has 0 saturated carbocycles. The molecule has 0 N–H and O–H groups in total. The number of rotatable bonds is 3. The van der Waals surface area contributed by atoms with Crippen molar-refractivity contribution < 1.29 is 5.94 Å². The van der Waals surface area contributed by atoms with E-state index in [0.29, 0.717) is 6.04 Å². The van der Waals surface area contributed by atoms with Gasteiger partial charge in [0.2, 0.25) is 0 Å². The summed E-state index contributed by atoms with van der Waals surface area (Å²) in [6.07, 6.45) is 4.16. The molecule has 0 atom stereocenters. The molecule has 3 aromatic carbocycles. The van der Waals surface area contributed by atoms with Gasteiger partial charge in [-0.2, -0.15) is 0 Å². The molecule has 194 valence electrons. The predicted molar refractivity (Wildman–Crippen MR) is 166 cm³/mol. The average molecular weight is 572 g/mol. The summed E-state index contributed by atoms with van der Waals surface area (Å²) in [4.78, 5) is 2.81. The third kappa shape index (κ3) is 5.01. The second-order valence-corrected chi connectivity index (χ2v) is 26.3. The van der Waals surface area contributed by atoms with Gasteiger partial charge in [0.05, 0.1) is 0 Å². The molecule has 3 heteroatoms. The molecule has 2 heterocycles. The Morgan fingerprint density at radius 1 is 0.919 bits per heavy atom. The number of aryl methyl sites for hydroxylation is 2. The van der Waals surface area contributed by atoms with Crippen LogP contribution in [0.15, 0.2) is 52.4 Å². The van der Waals surface area contributed by atoms with Gasteiger partial charge in [-0.15, -0.1) is 0 Å². The van der Waals surface area contributed by atoms with Crippen molar-refractivity contribution in [3.8, 4) is 11.3 Å². The van der Waals surface area contributed by atoms with Crippen LogP contribution in [-0.2, 0) is 19.9 Å². The van der Waals surface area contributed by atoms with Crippen LogP contribution in [0.2, 0.25) is 17.3 Å². The molecular formula is C34H44GeNS+. The normalized spacial score (nSPS) is 14.3. The molecule has 0 fully saturated rings. The van der Waals surface area contributed by atoms with Gasteiger partial charge in [0.1, 0.15) is 0 Å². The van der Waals surface area contributed by atoms with E-state index in [1.807, 2.05) is 11.8 Å². The quantitative estimate of drug-likeness (QED) is 0.154. The molecule has 0 amide bonds. The zero-order valence-electron chi connectivity index (χ0n) is 25.7. The zero-order chi connectivity index (χ0) is 27.9. The van der Waals surface area contributed by atoms with Crippen molar-refractivity contribution in [3.05, 3.63) is 59.3 Å². The van der Waals surface area contributed by atoms with E-state index in [0.717, 1.165) is 18.4 Å². The standard InChI is InChI=1S/C34H44GeNS/c1-21-26-16-22(19-33(2,3)4)12-13-25(26)27(20-34(5,6)7)32-29(21)31-30-23(14-15-36(31)11)17-24(35(8,9)10)18-28(30)37-32/h12-18H,19-20H2,1-11H3/q+1/i12D. The van der Waals surface area contributed by atoms with Gasteiger partial charge in [0.15, 0.2) is 0 Å². The molecular weight excluding hydrogens is 527 g/mol. The van der Waals surface area contributed by atoms with Crippen LogP contribution < -0.4 is 8.96 Å². The van der Waals surface area contributed by atoms with Gasteiger partial charge in [-0.3, -0.25) is 0 Å². The van der Waals surface area contributed by atoms with Gasteiger partial charge >= 0.3 is 213 Å². The van der Waals surface area contributed by atoms with Gasteiger partial charge in [-0.1, -0.05) is 20.8 Å². The molecule has 1 aromatic heterocycles. The van der Waals surface area contributed by atoms with Crippen LogP contribution in [0, 0.1) is 17.8 Å². The van der Waals surface area contributed by atoms with E-state index in [4.69, 9.17) is 1.37 Å². The van der Waals surface area contributed by atoms with E-state index < -0.39 is 13.3 Å². The van der Waals surface area contributed by atoms with Gasteiger partial charge < -0.3 is 0 Å². The first kappa shape index (κ1) is 25.5. The van der Waals surface area contributed by atoms with Crippen molar-refractivity contribution in [2.75, 3.05) is 0 Å². The second kappa shape index (κ2) is 8.88. The molecule has 1 aliphatic rings. The molecule has 0 saturated heterocycles. The van der Waals surface area contributed by atoms with Crippen LogP contribution in [-0.4, -0.2) is 13.3 Å². The number of pyridine rings is 1. The Labute approximate surface area is 232 Å². The van der Waals surface area contributed by atoms with Gasteiger partial charge in [0.25, 0.3) is 0 Å². The molecule has 5 rings (SSSR count). The van der Waals surface area contributed by atoms with Crippen LogP contribution in [0.5, 0.6) is 0 Å². The van der Waals surface area contributed by atoms with E-state index >= 15 is 0 Å². The molecule has 0 spiro atoms. The van der Waals surface area contributed by atoms with Crippen LogP contribution >= 0.6 is 11.8 Å². The van der Waals surface area contributed by atoms with Crippen molar-refractivity contribution >= 4 is 51.0 Å². The van der Waals surface area contributed by atoms with E-state index in [1.165, 1.54) is 53.7 Å². The number of hydrogen-bond acceptors (Lipinski definition) is 1. The van der Waals surface area contributed by atoms with E-state index in [1.54, 1.807) is 4.40 Å². The fourth-order valence-corrected chi connectivity index (χ4v) is 9.89. The first-order chi connectivity index (χ1) is 17.4. The molecule has 1 aliphatic heterocycles. The minimum atomic E-state index is -2.03. The summed E-state index contributed by atoms with van der Waals surface area (Å²) in [6, 6.07) is 12.5. The van der Waals surface area contributed by atoms with Crippen LogP contribution in [0.4, 0.5) is 0 Å². The van der Waals surface area contributed by atoms with Crippen molar-refractivity contribution in [2.45, 2.75) is 88.4 Å². The average Bonchev–Trinajstić information content (AvgIpc) is 2.77. The maximum atomic E-state index is 9.01. The molecule has 0 bridgehead atoms. The third-order valence-electron chi connectivity index (χ3n) is 7.56. The van der Waals surface area contributed by atoms with Crippen molar-refractivity contribution in [1.82, 2.24) is 0 Å². The molecule has 0 unspecified atom stereocenters. The number of aromatic nitrogens is 1. The summed E-state index contributed by atoms with van der Waals surface area (Å²) < 4.78 is 12.9. The van der Waals surface area contributed by atoms with Gasteiger partial charge in [-0.05, 0) is 0 Å². The first-order valence-corrected chi connectivity index (χ1v) is 21.8. The molecule has 37 heavy (non-hydrogen) atoms. The number of fused-ring (bicyclic) bond motifs is 3. The predicted octanol–water partition coefficient (Wildman–Crippen LogP) is 8.98.